The van der Waals surface area contributed by atoms with Gasteiger partial charge in [-0.1, -0.05) is 12.8 Å². The number of hydrogen-bond acceptors (Lipinski definition) is 3. The fourth-order valence-corrected chi connectivity index (χ4v) is 0.913. The van der Waals surface area contributed by atoms with Crippen LogP contribution in [0.3, 0.4) is 0 Å². The highest BCUT2D eigenvalue weighted by Gasteiger charge is 2.06. The van der Waals surface area contributed by atoms with Gasteiger partial charge in [0.25, 0.3) is 0 Å². The lowest BCUT2D eigenvalue weighted by Crippen LogP contribution is -2.00. The highest BCUT2D eigenvalue weighted by atomic mass is 19.1. The van der Waals surface area contributed by atoms with Crippen molar-refractivity contribution in [1.29, 1.82) is 0 Å². The number of rotatable bonds is 1. The smallest absolute Gasteiger partial charge is 0.178 e. The van der Waals surface area contributed by atoms with Crippen LogP contribution in [0.2, 0.25) is 0 Å². The van der Waals surface area contributed by atoms with E-state index in [0.717, 1.165) is 0 Å². The Morgan fingerprint density at radius 3 is 2.86 bits per heavy atom. The second kappa shape index (κ2) is 4.68. The molecule has 0 aliphatic heterocycles. The molecule has 1 aromatic heterocycles. The summed E-state index contributed by atoms with van der Waals surface area (Å²) in [5, 5.41) is 8.89. The summed E-state index contributed by atoms with van der Waals surface area (Å²) in [6, 6.07) is 0. The summed E-state index contributed by atoms with van der Waals surface area (Å²) >= 11 is 0. The van der Waals surface area contributed by atoms with Crippen LogP contribution < -0.4 is 0 Å². The van der Waals surface area contributed by atoms with E-state index in [1.807, 2.05) is 0 Å². The highest BCUT2D eigenvalue weighted by Crippen LogP contribution is 2.06. The van der Waals surface area contributed by atoms with Crippen molar-refractivity contribution in [3.05, 3.63) is 23.5 Å². The molecule has 0 amide bonds. The fourth-order valence-electron chi connectivity index (χ4n) is 0.913. The Morgan fingerprint density at radius 2 is 2.29 bits per heavy atom. The number of aromatic nitrogens is 2. The summed E-state index contributed by atoms with van der Waals surface area (Å²) in [4.78, 5) is 7.46. The van der Waals surface area contributed by atoms with E-state index in [0.29, 0.717) is 12.1 Å². The molecule has 1 rings (SSSR count). The Bertz CT molecular complexity index is 379. The van der Waals surface area contributed by atoms with Gasteiger partial charge in [-0.05, 0) is 19.3 Å². The van der Waals surface area contributed by atoms with E-state index in [2.05, 4.69) is 21.8 Å². The topological polar surface area (TPSA) is 46.0 Å². The van der Waals surface area contributed by atoms with Crippen molar-refractivity contribution in [1.82, 2.24) is 9.97 Å². The maximum Gasteiger partial charge on any atom is 0.178 e. The molecule has 3 nitrogen and oxygen atoms in total. The van der Waals surface area contributed by atoms with Crippen LogP contribution in [0, 0.1) is 17.7 Å². The van der Waals surface area contributed by atoms with Crippen LogP contribution in [0.1, 0.15) is 25.2 Å². The predicted molar refractivity (Wildman–Crippen MR) is 49.9 cm³/mol. The molecule has 4 heteroatoms. The maximum atomic E-state index is 13.4. The van der Waals surface area contributed by atoms with E-state index in [4.69, 9.17) is 5.11 Å². The largest absolute Gasteiger partial charge is 0.381 e. The molecule has 1 aromatic rings. The fraction of sp³-hybridized carbons (Fsp3) is 0.400. The summed E-state index contributed by atoms with van der Waals surface area (Å²) in [5.74, 6) is 4.39. The number of halogens is 1. The van der Waals surface area contributed by atoms with Crippen molar-refractivity contribution in [2.75, 3.05) is 0 Å². The predicted octanol–water partition coefficient (Wildman–Crippen LogP) is 0.910. The monoisotopic (exact) mass is 194 g/mol. The standard InChI is InChI=1S/C10H11FN2O/c1-3-8-10(11)9(13-6-12-8)5-4-7(2)14/h6-7,14H,3H2,1-2H3/t7-/m1/s1. The van der Waals surface area contributed by atoms with E-state index in [9.17, 15) is 4.39 Å². The third-order valence-electron chi connectivity index (χ3n) is 1.60. The first kappa shape index (κ1) is 10.6. The lowest BCUT2D eigenvalue weighted by atomic mass is 10.2. The van der Waals surface area contributed by atoms with Crippen molar-refractivity contribution < 1.29 is 9.50 Å². The molecule has 0 unspecified atom stereocenters. The van der Waals surface area contributed by atoms with Gasteiger partial charge in [0.1, 0.15) is 12.4 Å². The zero-order valence-corrected chi connectivity index (χ0v) is 8.08. The van der Waals surface area contributed by atoms with Crippen LogP contribution in [-0.4, -0.2) is 21.2 Å². The third-order valence-corrected chi connectivity index (χ3v) is 1.60. The van der Waals surface area contributed by atoms with E-state index in [-0.39, 0.29) is 5.69 Å². The van der Waals surface area contributed by atoms with Crippen LogP contribution in [0.15, 0.2) is 6.33 Å². The van der Waals surface area contributed by atoms with Crippen molar-refractivity contribution >= 4 is 0 Å². The third kappa shape index (κ3) is 2.51. The van der Waals surface area contributed by atoms with Gasteiger partial charge >= 0.3 is 0 Å². The van der Waals surface area contributed by atoms with Gasteiger partial charge in [-0.15, -0.1) is 0 Å². The first-order chi connectivity index (χ1) is 6.65. The Hall–Kier alpha value is -1.47. The van der Waals surface area contributed by atoms with Gasteiger partial charge in [0.05, 0.1) is 5.69 Å². The Balaban J connectivity index is 3.06. The summed E-state index contributed by atoms with van der Waals surface area (Å²) in [7, 11) is 0. The lowest BCUT2D eigenvalue weighted by Gasteiger charge is -1.98. The van der Waals surface area contributed by atoms with Crippen molar-refractivity contribution in [2.45, 2.75) is 26.4 Å². The van der Waals surface area contributed by atoms with Crippen LogP contribution in [0.5, 0.6) is 0 Å². The number of nitrogens with zero attached hydrogens (tertiary/aromatic N) is 2. The Morgan fingerprint density at radius 1 is 1.57 bits per heavy atom. The normalized spacial score (nSPS) is 11.7. The van der Waals surface area contributed by atoms with Gasteiger partial charge in [-0.25, -0.2) is 14.4 Å². The molecule has 0 aliphatic rings. The minimum atomic E-state index is -0.783. The molecule has 0 saturated carbocycles. The average molecular weight is 194 g/mol. The summed E-state index contributed by atoms with van der Waals surface area (Å²) in [6.45, 7) is 3.31. The van der Waals surface area contributed by atoms with E-state index >= 15 is 0 Å². The van der Waals surface area contributed by atoms with Crippen molar-refractivity contribution in [3.63, 3.8) is 0 Å². The molecule has 0 aliphatic carbocycles. The minimum Gasteiger partial charge on any atom is -0.381 e. The maximum absolute atomic E-state index is 13.4. The molecule has 14 heavy (non-hydrogen) atoms. The number of aryl methyl sites for hydroxylation is 1. The Labute approximate surface area is 82.0 Å². The number of aliphatic hydroxyl groups is 1. The first-order valence-corrected chi connectivity index (χ1v) is 4.34. The first-order valence-electron chi connectivity index (χ1n) is 4.34. The number of aliphatic hydroxyl groups excluding tert-OH is 1. The van der Waals surface area contributed by atoms with Gasteiger partial charge in [-0.3, -0.25) is 0 Å². The zero-order valence-electron chi connectivity index (χ0n) is 8.08. The molecule has 0 radical (unpaired) electrons. The second-order valence-electron chi connectivity index (χ2n) is 2.78. The molecule has 1 N–H and O–H groups in total. The summed E-state index contributed by atoms with van der Waals surface area (Å²) in [5.41, 5.74) is 0.382. The van der Waals surface area contributed by atoms with E-state index in [1.54, 1.807) is 6.92 Å². The van der Waals surface area contributed by atoms with Gasteiger partial charge in [0, 0.05) is 0 Å². The van der Waals surface area contributed by atoms with Gasteiger partial charge in [0.2, 0.25) is 0 Å². The zero-order chi connectivity index (χ0) is 10.6. The minimum absolute atomic E-state index is 0.0396. The molecular weight excluding hydrogens is 183 g/mol. The molecular formula is C10H11FN2O. The highest BCUT2D eigenvalue weighted by molar-refractivity contribution is 5.30. The SMILES string of the molecule is CCc1ncnc(C#C[C@@H](C)O)c1F. The molecule has 0 aromatic carbocycles. The molecule has 0 bridgehead atoms. The van der Waals surface area contributed by atoms with E-state index in [1.165, 1.54) is 13.3 Å². The molecule has 0 saturated heterocycles. The van der Waals surface area contributed by atoms with Crippen LogP contribution in [0.4, 0.5) is 4.39 Å². The quantitative estimate of drug-likeness (QED) is 0.676. The second-order valence-corrected chi connectivity index (χ2v) is 2.78. The van der Waals surface area contributed by atoms with E-state index < -0.39 is 11.9 Å². The summed E-state index contributed by atoms with van der Waals surface area (Å²) < 4.78 is 13.4. The van der Waals surface area contributed by atoms with Crippen LogP contribution in [0.25, 0.3) is 0 Å². The van der Waals surface area contributed by atoms with Crippen LogP contribution in [-0.2, 0) is 6.42 Å². The molecule has 1 atom stereocenters. The van der Waals surface area contributed by atoms with Gasteiger partial charge in [0.15, 0.2) is 11.5 Å². The molecule has 0 fully saturated rings. The van der Waals surface area contributed by atoms with Gasteiger partial charge < -0.3 is 5.11 Å². The number of hydrogen-bond donors (Lipinski definition) is 1. The van der Waals surface area contributed by atoms with Crippen molar-refractivity contribution in [2.24, 2.45) is 0 Å². The molecule has 0 spiro atoms. The summed E-state index contributed by atoms with van der Waals surface area (Å²) in [6.07, 6.45) is 0.987. The molecule has 74 valence electrons. The van der Waals surface area contributed by atoms with Crippen LogP contribution >= 0.6 is 0 Å². The van der Waals surface area contributed by atoms with Crippen molar-refractivity contribution in [3.8, 4) is 11.8 Å². The van der Waals surface area contributed by atoms with Gasteiger partial charge in [-0.2, -0.15) is 0 Å². The average Bonchev–Trinajstić information content (AvgIpc) is 2.16. The molecule has 1 heterocycles. The Kier molecular flexibility index (Phi) is 3.55. The lowest BCUT2D eigenvalue weighted by molar-refractivity contribution is 0.253.